The number of hydrogen-bond donors (Lipinski definition) is 1. The molecule has 6 heavy (non-hydrogen) atoms. The second-order valence-corrected chi connectivity index (χ2v) is 4.41. The Hall–Kier alpha value is 0.920. The SMILES string of the molecule is NCCC(Br)Br. The average molecular weight is 217 g/mol. The summed E-state index contributed by atoms with van der Waals surface area (Å²) < 4.78 is 0.398. The third-order valence-electron chi connectivity index (χ3n) is 0.385. The van der Waals surface area contributed by atoms with Crippen LogP contribution in [0.25, 0.3) is 0 Å². The normalized spacial score (nSPS) is 10.0. The lowest BCUT2D eigenvalue weighted by Crippen LogP contribution is -2.01. The highest BCUT2D eigenvalue weighted by atomic mass is 79.9. The standard InChI is InChI=1S/C3H7Br2N/c4-3(5)1-2-6/h3H,1-2,6H2. The van der Waals surface area contributed by atoms with Crippen LogP contribution < -0.4 is 5.73 Å². The summed E-state index contributed by atoms with van der Waals surface area (Å²) >= 11 is 6.54. The number of rotatable bonds is 2. The highest BCUT2D eigenvalue weighted by Crippen LogP contribution is 2.09. The van der Waals surface area contributed by atoms with Crippen molar-refractivity contribution in [2.75, 3.05) is 6.54 Å². The van der Waals surface area contributed by atoms with E-state index in [0.29, 0.717) is 3.74 Å². The first kappa shape index (κ1) is 6.92. The zero-order valence-corrected chi connectivity index (χ0v) is 6.50. The predicted octanol–water partition coefficient (Wildman–Crippen LogP) is 1.45. The van der Waals surface area contributed by atoms with E-state index in [0.717, 1.165) is 13.0 Å². The van der Waals surface area contributed by atoms with Crippen molar-refractivity contribution in [3.63, 3.8) is 0 Å². The van der Waals surface area contributed by atoms with Gasteiger partial charge in [0.1, 0.15) is 0 Å². The van der Waals surface area contributed by atoms with E-state index in [1.807, 2.05) is 0 Å². The Balaban J connectivity index is 2.63. The van der Waals surface area contributed by atoms with Gasteiger partial charge in [0, 0.05) is 0 Å². The Labute approximate surface area is 54.5 Å². The fraction of sp³-hybridized carbons (Fsp3) is 1.00. The van der Waals surface area contributed by atoms with Crippen LogP contribution >= 0.6 is 31.9 Å². The Morgan fingerprint density at radius 2 is 2.00 bits per heavy atom. The van der Waals surface area contributed by atoms with Gasteiger partial charge in [0.05, 0.1) is 3.74 Å². The van der Waals surface area contributed by atoms with E-state index in [9.17, 15) is 0 Å². The predicted molar refractivity (Wildman–Crippen MR) is 35.3 cm³/mol. The molecule has 0 aromatic carbocycles. The molecule has 0 spiro atoms. The number of halogens is 2. The van der Waals surface area contributed by atoms with Gasteiger partial charge >= 0.3 is 0 Å². The molecule has 0 aliphatic rings. The van der Waals surface area contributed by atoms with Gasteiger partial charge in [0.2, 0.25) is 0 Å². The van der Waals surface area contributed by atoms with Crippen LogP contribution in [0.15, 0.2) is 0 Å². The Morgan fingerprint density at radius 3 is 2.00 bits per heavy atom. The van der Waals surface area contributed by atoms with Crippen LogP contribution in [0.5, 0.6) is 0 Å². The van der Waals surface area contributed by atoms with Crippen LogP contribution in [0.2, 0.25) is 0 Å². The average Bonchev–Trinajstić information content (AvgIpc) is 1.35. The molecule has 1 nitrogen and oxygen atoms in total. The van der Waals surface area contributed by atoms with Gasteiger partial charge in [-0.05, 0) is 13.0 Å². The molecule has 0 aliphatic heterocycles. The van der Waals surface area contributed by atoms with Gasteiger partial charge in [-0.25, -0.2) is 0 Å². The summed E-state index contributed by atoms with van der Waals surface area (Å²) in [5.41, 5.74) is 5.17. The smallest absolute Gasteiger partial charge is 0.0709 e. The molecule has 0 radical (unpaired) electrons. The molecule has 0 bridgehead atoms. The van der Waals surface area contributed by atoms with Crippen LogP contribution in [0.3, 0.4) is 0 Å². The van der Waals surface area contributed by atoms with Crippen LogP contribution in [0.4, 0.5) is 0 Å². The highest BCUT2D eigenvalue weighted by molar-refractivity contribution is 9.24. The minimum absolute atomic E-state index is 0.398. The van der Waals surface area contributed by atoms with Crippen LogP contribution in [0.1, 0.15) is 6.42 Å². The summed E-state index contributed by atoms with van der Waals surface area (Å²) in [5, 5.41) is 0. The third-order valence-corrected chi connectivity index (χ3v) is 1.30. The van der Waals surface area contributed by atoms with Crippen molar-refractivity contribution in [3.8, 4) is 0 Å². The second-order valence-electron chi connectivity index (χ2n) is 0.968. The summed E-state index contributed by atoms with van der Waals surface area (Å²) in [6, 6.07) is 0. The maximum absolute atomic E-state index is 5.17. The van der Waals surface area contributed by atoms with Crippen molar-refractivity contribution < 1.29 is 0 Å². The minimum Gasteiger partial charge on any atom is -0.330 e. The van der Waals surface area contributed by atoms with Gasteiger partial charge in [-0.2, -0.15) is 0 Å². The van der Waals surface area contributed by atoms with Crippen molar-refractivity contribution in [3.05, 3.63) is 0 Å². The van der Waals surface area contributed by atoms with Crippen molar-refractivity contribution in [1.29, 1.82) is 0 Å². The topological polar surface area (TPSA) is 26.0 Å². The van der Waals surface area contributed by atoms with Crippen LogP contribution in [-0.4, -0.2) is 10.3 Å². The maximum Gasteiger partial charge on any atom is 0.0709 e. The molecule has 0 amide bonds. The molecule has 0 unspecified atom stereocenters. The van der Waals surface area contributed by atoms with Gasteiger partial charge in [-0.1, -0.05) is 31.9 Å². The third kappa shape index (κ3) is 4.92. The summed E-state index contributed by atoms with van der Waals surface area (Å²) in [7, 11) is 0. The van der Waals surface area contributed by atoms with E-state index >= 15 is 0 Å². The van der Waals surface area contributed by atoms with E-state index < -0.39 is 0 Å². The molecule has 0 aromatic rings. The molecule has 38 valence electrons. The van der Waals surface area contributed by atoms with Crippen molar-refractivity contribution >= 4 is 31.9 Å². The Kier molecular flexibility index (Phi) is 4.72. The quantitative estimate of drug-likeness (QED) is 0.696. The minimum atomic E-state index is 0.398. The first-order valence-electron chi connectivity index (χ1n) is 1.75. The summed E-state index contributed by atoms with van der Waals surface area (Å²) in [5.74, 6) is 0. The van der Waals surface area contributed by atoms with E-state index in [-0.39, 0.29) is 0 Å². The number of hydrogen-bond acceptors (Lipinski definition) is 1. The fourth-order valence-corrected chi connectivity index (χ4v) is 0.655. The lowest BCUT2D eigenvalue weighted by molar-refractivity contribution is 0.929. The molecule has 0 fully saturated rings. The zero-order chi connectivity index (χ0) is 4.99. The van der Waals surface area contributed by atoms with Gasteiger partial charge in [-0.3, -0.25) is 0 Å². The Morgan fingerprint density at radius 1 is 1.50 bits per heavy atom. The number of alkyl halides is 2. The van der Waals surface area contributed by atoms with E-state index in [4.69, 9.17) is 5.73 Å². The fourth-order valence-electron chi connectivity index (χ4n) is 0.126. The number of nitrogens with two attached hydrogens (primary N) is 1. The van der Waals surface area contributed by atoms with E-state index in [2.05, 4.69) is 31.9 Å². The monoisotopic (exact) mass is 215 g/mol. The van der Waals surface area contributed by atoms with Gasteiger partial charge in [-0.15, -0.1) is 0 Å². The largest absolute Gasteiger partial charge is 0.330 e. The van der Waals surface area contributed by atoms with Gasteiger partial charge in [0.15, 0.2) is 0 Å². The molecule has 0 saturated carbocycles. The first-order valence-corrected chi connectivity index (χ1v) is 3.58. The summed E-state index contributed by atoms with van der Waals surface area (Å²) in [6.07, 6.45) is 0.986. The summed E-state index contributed by atoms with van der Waals surface area (Å²) in [6.45, 7) is 0.737. The molecule has 0 heterocycles. The van der Waals surface area contributed by atoms with Gasteiger partial charge < -0.3 is 5.73 Å². The van der Waals surface area contributed by atoms with Crippen molar-refractivity contribution in [1.82, 2.24) is 0 Å². The van der Waals surface area contributed by atoms with E-state index in [1.165, 1.54) is 0 Å². The Bertz CT molecular complexity index is 30.0. The van der Waals surface area contributed by atoms with Gasteiger partial charge in [0.25, 0.3) is 0 Å². The summed E-state index contributed by atoms with van der Waals surface area (Å²) in [4.78, 5) is 0. The lowest BCUT2D eigenvalue weighted by atomic mass is 10.5. The molecule has 0 aliphatic carbocycles. The molecule has 0 atom stereocenters. The van der Waals surface area contributed by atoms with Crippen LogP contribution in [-0.2, 0) is 0 Å². The lowest BCUT2D eigenvalue weighted by Gasteiger charge is -1.91. The molecule has 2 N–H and O–H groups in total. The van der Waals surface area contributed by atoms with Crippen molar-refractivity contribution in [2.45, 2.75) is 10.2 Å². The molecule has 0 rings (SSSR count). The second kappa shape index (κ2) is 4.09. The molecular formula is C3H7Br2N. The highest BCUT2D eigenvalue weighted by Gasteiger charge is 1.90. The zero-order valence-electron chi connectivity index (χ0n) is 3.32. The van der Waals surface area contributed by atoms with E-state index in [1.54, 1.807) is 0 Å². The maximum atomic E-state index is 5.17. The molecule has 3 heteroatoms. The van der Waals surface area contributed by atoms with Crippen LogP contribution in [0, 0.1) is 0 Å². The molecule has 0 aromatic heterocycles. The molecular weight excluding hydrogens is 210 g/mol. The first-order chi connectivity index (χ1) is 2.77. The van der Waals surface area contributed by atoms with Crippen molar-refractivity contribution in [2.24, 2.45) is 5.73 Å². The molecule has 0 saturated heterocycles.